The van der Waals surface area contributed by atoms with E-state index in [1.54, 1.807) is 48.5 Å². The molecule has 2 N–H and O–H groups in total. The second-order valence-corrected chi connectivity index (χ2v) is 6.72. The standard InChI is InChI=1S/C24H15NO5/c25-24(30)13(9-11-18-20(26)14-5-1-2-6-15(14)21(18)27)10-12-19-22(28)16-7-3-4-8-17(16)23(19)29/h1-12,26H,(H2,25,30)/p-1. The second kappa shape index (κ2) is 7.25. The summed E-state index contributed by atoms with van der Waals surface area (Å²) in [6, 6.07) is 12.9. The monoisotopic (exact) mass is 396 g/mol. The zero-order valence-corrected chi connectivity index (χ0v) is 15.5. The third-order valence-electron chi connectivity index (χ3n) is 4.95. The lowest BCUT2D eigenvalue weighted by atomic mass is 10.1. The SMILES string of the molecule is NC(=O)C(C=CC1=C([O-])c2ccccc2C1=O)=CC=C1C(=O)c2ccccc2C1=O. The van der Waals surface area contributed by atoms with Crippen molar-refractivity contribution in [3.8, 4) is 0 Å². The first-order valence-electron chi connectivity index (χ1n) is 9.04. The fraction of sp³-hybridized carbons (Fsp3) is 0. The normalized spacial score (nSPS) is 15.8. The number of amides is 1. The molecule has 6 heteroatoms. The van der Waals surface area contributed by atoms with Crippen LogP contribution >= 0.6 is 0 Å². The lowest BCUT2D eigenvalue weighted by Crippen LogP contribution is -2.13. The molecule has 0 aromatic heterocycles. The molecule has 0 aliphatic heterocycles. The molecule has 2 aromatic carbocycles. The number of allylic oxidation sites excluding steroid dienone is 5. The van der Waals surface area contributed by atoms with E-state index in [2.05, 4.69) is 0 Å². The van der Waals surface area contributed by atoms with Crippen LogP contribution in [0.15, 0.2) is 89.6 Å². The molecule has 0 bridgehead atoms. The Morgan fingerprint density at radius 1 is 0.800 bits per heavy atom. The van der Waals surface area contributed by atoms with Gasteiger partial charge in [0.2, 0.25) is 5.91 Å². The molecule has 0 unspecified atom stereocenters. The summed E-state index contributed by atoms with van der Waals surface area (Å²) in [6.45, 7) is 0. The van der Waals surface area contributed by atoms with Gasteiger partial charge in [0.1, 0.15) is 0 Å². The van der Waals surface area contributed by atoms with E-state index in [4.69, 9.17) is 5.73 Å². The van der Waals surface area contributed by atoms with Crippen molar-refractivity contribution in [3.05, 3.63) is 112 Å². The summed E-state index contributed by atoms with van der Waals surface area (Å²) in [5.74, 6) is -2.60. The zero-order chi connectivity index (χ0) is 21.4. The lowest BCUT2D eigenvalue weighted by molar-refractivity contribution is -0.244. The molecule has 0 heterocycles. The first-order chi connectivity index (χ1) is 14.4. The van der Waals surface area contributed by atoms with Crippen molar-refractivity contribution in [3.63, 3.8) is 0 Å². The number of Topliss-reactive ketones (excluding diaryl/α,β-unsaturated/α-hetero) is 3. The third-order valence-corrected chi connectivity index (χ3v) is 4.95. The molecule has 0 spiro atoms. The molecular weight excluding hydrogens is 382 g/mol. The molecule has 6 nitrogen and oxygen atoms in total. The van der Waals surface area contributed by atoms with E-state index in [1.165, 1.54) is 24.3 Å². The zero-order valence-electron chi connectivity index (χ0n) is 15.5. The number of carbonyl (C=O) groups is 4. The number of ketones is 3. The minimum absolute atomic E-state index is 0.0666. The van der Waals surface area contributed by atoms with E-state index in [1.807, 2.05) is 0 Å². The molecule has 2 aromatic rings. The van der Waals surface area contributed by atoms with Crippen molar-refractivity contribution in [2.45, 2.75) is 0 Å². The number of fused-ring (bicyclic) bond motifs is 2. The predicted molar refractivity (Wildman–Crippen MR) is 107 cm³/mol. The average molecular weight is 396 g/mol. The van der Waals surface area contributed by atoms with Crippen molar-refractivity contribution in [2.75, 3.05) is 0 Å². The number of benzene rings is 2. The largest absolute Gasteiger partial charge is 0.872 e. The summed E-state index contributed by atoms with van der Waals surface area (Å²) in [4.78, 5) is 49.1. The number of nitrogens with two attached hydrogens (primary N) is 1. The molecule has 2 aliphatic carbocycles. The van der Waals surface area contributed by atoms with Crippen molar-refractivity contribution >= 4 is 29.0 Å². The van der Waals surface area contributed by atoms with Gasteiger partial charge in [-0.15, -0.1) is 0 Å². The molecule has 0 saturated carbocycles. The first-order valence-corrected chi connectivity index (χ1v) is 9.04. The van der Waals surface area contributed by atoms with E-state index >= 15 is 0 Å². The molecule has 30 heavy (non-hydrogen) atoms. The van der Waals surface area contributed by atoms with E-state index < -0.39 is 29.0 Å². The summed E-state index contributed by atoms with van der Waals surface area (Å²) in [6.07, 6.45) is 4.92. The van der Waals surface area contributed by atoms with E-state index in [9.17, 15) is 24.3 Å². The maximum atomic E-state index is 12.4. The van der Waals surface area contributed by atoms with Gasteiger partial charge in [-0.25, -0.2) is 0 Å². The Bertz CT molecular complexity index is 1240. The first kappa shape index (κ1) is 19.0. The number of rotatable bonds is 4. The van der Waals surface area contributed by atoms with E-state index in [0.29, 0.717) is 22.3 Å². The Kier molecular flexibility index (Phi) is 4.60. The molecule has 1 amide bonds. The molecule has 2 aliphatic rings. The van der Waals surface area contributed by atoms with Crippen LogP contribution in [0.1, 0.15) is 36.6 Å². The molecule has 0 atom stereocenters. The molecule has 4 rings (SSSR count). The quantitative estimate of drug-likeness (QED) is 0.481. The van der Waals surface area contributed by atoms with Gasteiger partial charge in [-0.2, -0.15) is 0 Å². The molecule has 146 valence electrons. The van der Waals surface area contributed by atoms with Crippen LogP contribution in [0.5, 0.6) is 0 Å². The third kappa shape index (κ3) is 3.00. The topological polar surface area (TPSA) is 117 Å². The Morgan fingerprint density at radius 2 is 1.30 bits per heavy atom. The summed E-state index contributed by atoms with van der Waals surface area (Å²) >= 11 is 0. The van der Waals surface area contributed by atoms with Gasteiger partial charge in [0, 0.05) is 27.8 Å². The number of carbonyl (C=O) groups excluding carboxylic acids is 4. The highest BCUT2D eigenvalue weighted by molar-refractivity contribution is 6.39. The summed E-state index contributed by atoms with van der Waals surface area (Å²) in [5.41, 5.74) is 6.34. The average Bonchev–Trinajstić information content (AvgIpc) is 3.14. The van der Waals surface area contributed by atoms with Gasteiger partial charge in [-0.3, -0.25) is 19.2 Å². The van der Waals surface area contributed by atoms with Crippen LogP contribution in [0.2, 0.25) is 0 Å². The minimum Gasteiger partial charge on any atom is -0.872 e. The van der Waals surface area contributed by atoms with Gasteiger partial charge >= 0.3 is 0 Å². The van der Waals surface area contributed by atoms with Gasteiger partial charge in [0.15, 0.2) is 17.3 Å². The highest BCUT2D eigenvalue weighted by Crippen LogP contribution is 2.30. The van der Waals surface area contributed by atoms with Crippen LogP contribution in [-0.2, 0) is 4.79 Å². The van der Waals surface area contributed by atoms with Crippen LogP contribution in [0.3, 0.4) is 0 Å². The highest BCUT2D eigenvalue weighted by atomic mass is 16.3. The maximum absolute atomic E-state index is 12.4. The summed E-state index contributed by atoms with van der Waals surface area (Å²) < 4.78 is 0. The Hall–Kier alpha value is -4.32. The van der Waals surface area contributed by atoms with Crippen LogP contribution in [0.25, 0.3) is 5.76 Å². The Morgan fingerprint density at radius 3 is 1.80 bits per heavy atom. The minimum atomic E-state index is -0.838. The molecule has 0 fully saturated rings. The number of primary amides is 1. The van der Waals surface area contributed by atoms with Crippen molar-refractivity contribution in [1.82, 2.24) is 0 Å². The Balaban J connectivity index is 1.66. The van der Waals surface area contributed by atoms with Gasteiger partial charge < -0.3 is 10.8 Å². The fourth-order valence-electron chi connectivity index (χ4n) is 3.41. The van der Waals surface area contributed by atoms with E-state index in [0.717, 1.165) is 0 Å². The van der Waals surface area contributed by atoms with Crippen LogP contribution < -0.4 is 10.8 Å². The summed E-state index contributed by atoms with van der Waals surface area (Å²) in [7, 11) is 0. The number of hydrogen-bond donors (Lipinski definition) is 1. The van der Waals surface area contributed by atoms with Gasteiger partial charge in [-0.05, 0) is 23.8 Å². The lowest BCUT2D eigenvalue weighted by Gasteiger charge is -2.08. The van der Waals surface area contributed by atoms with Crippen LogP contribution in [-0.4, -0.2) is 23.3 Å². The van der Waals surface area contributed by atoms with Gasteiger partial charge in [0.05, 0.1) is 5.57 Å². The molecular formula is C24H14NO5-. The summed E-state index contributed by atoms with van der Waals surface area (Å²) in [5, 5.41) is 12.4. The molecule has 0 saturated heterocycles. The Labute approximate surface area is 171 Å². The molecule has 0 radical (unpaired) electrons. The maximum Gasteiger partial charge on any atom is 0.248 e. The van der Waals surface area contributed by atoms with Crippen LogP contribution in [0.4, 0.5) is 0 Å². The van der Waals surface area contributed by atoms with Gasteiger partial charge in [0.25, 0.3) is 0 Å². The fourth-order valence-corrected chi connectivity index (χ4v) is 3.41. The predicted octanol–water partition coefficient (Wildman–Crippen LogP) is 1.93. The van der Waals surface area contributed by atoms with Crippen molar-refractivity contribution in [2.24, 2.45) is 5.73 Å². The smallest absolute Gasteiger partial charge is 0.248 e. The van der Waals surface area contributed by atoms with Crippen molar-refractivity contribution in [1.29, 1.82) is 0 Å². The second-order valence-electron chi connectivity index (χ2n) is 6.72. The van der Waals surface area contributed by atoms with Gasteiger partial charge in [-0.1, -0.05) is 60.4 Å². The van der Waals surface area contributed by atoms with Crippen molar-refractivity contribution < 1.29 is 24.3 Å². The van der Waals surface area contributed by atoms with Crippen LogP contribution in [0, 0.1) is 0 Å². The number of hydrogen-bond acceptors (Lipinski definition) is 5. The highest BCUT2D eigenvalue weighted by Gasteiger charge is 2.32. The van der Waals surface area contributed by atoms with E-state index in [-0.39, 0.29) is 16.7 Å².